The zero-order chi connectivity index (χ0) is 18.5. The third-order valence-corrected chi connectivity index (χ3v) is 5.63. The molecule has 1 heterocycles. The van der Waals surface area contributed by atoms with Crippen molar-refractivity contribution in [3.8, 4) is 5.75 Å². The maximum Gasteiger partial charge on any atom is 0.237 e. The van der Waals surface area contributed by atoms with Crippen molar-refractivity contribution in [2.75, 3.05) is 27.2 Å². The molecule has 26 heavy (non-hydrogen) atoms. The van der Waals surface area contributed by atoms with E-state index in [1.54, 1.807) is 7.11 Å². The molecule has 1 amide bonds. The fourth-order valence-corrected chi connectivity index (χ4v) is 3.97. The second-order valence-electron chi connectivity index (χ2n) is 6.79. The first-order chi connectivity index (χ1) is 12.6. The fourth-order valence-electron chi connectivity index (χ4n) is 3.56. The summed E-state index contributed by atoms with van der Waals surface area (Å²) in [6.45, 7) is 1.98. The van der Waals surface area contributed by atoms with Crippen molar-refractivity contribution < 1.29 is 9.53 Å². The average Bonchev–Trinajstić information content (AvgIpc) is 3.13. The summed E-state index contributed by atoms with van der Waals surface area (Å²) in [6, 6.07) is 16.4. The van der Waals surface area contributed by atoms with E-state index >= 15 is 0 Å². The lowest BCUT2D eigenvalue weighted by Crippen LogP contribution is -2.38. The van der Waals surface area contributed by atoms with Gasteiger partial charge in [-0.1, -0.05) is 46.3 Å². The molecule has 0 aromatic heterocycles. The van der Waals surface area contributed by atoms with Gasteiger partial charge in [0.1, 0.15) is 5.75 Å². The van der Waals surface area contributed by atoms with Crippen LogP contribution in [0.3, 0.4) is 0 Å². The van der Waals surface area contributed by atoms with E-state index in [-0.39, 0.29) is 11.9 Å². The molecule has 0 bridgehead atoms. The Kier molecular flexibility index (Phi) is 6.33. The zero-order valence-corrected chi connectivity index (χ0v) is 16.9. The highest BCUT2D eigenvalue weighted by molar-refractivity contribution is 9.10. The van der Waals surface area contributed by atoms with E-state index < -0.39 is 0 Å². The molecule has 0 radical (unpaired) electrons. The first-order valence-corrected chi connectivity index (χ1v) is 9.73. The SMILES string of the molecule is COc1cccc(C2CCCN2C(=O)CN(C)Cc2ccccc2Br)c1. The minimum absolute atomic E-state index is 0.148. The van der Waals surface area contributed by atoms with Crippen molar-refractivity contribution in [1.82, 2.24) is 9.80 Å². The van der Waals surface area contributed by atoms with Gasteiger partial charge in [-0.15, -0.1) is 0 Å². The molecule has 138 valence electrons. The quantitative estimate of drug-likeness (QED) is 0.705. The van der Waals surface area contributed by atoms with Crippen LogP contribution in [0.15, 0.2) is 53.0 Å². The van der Waals surface area contributed by atoms with Gasteiger partial charge in [-0.3, -0.25) is 9.69 Å². The van der Waals surface area contributed by atoms with Crippen molar-refractivity contribution in [2.24, 2.45) is 0 Å². The second kappa shape index (κ2) is 8.69. The van der Waals surface area contributed by atoms with Gasteiger partial charge >= 0.3 is 0 Å². The summed E-state index contributed by atoms with van der Waals surface area (Å²) in [7, 11) is 3.67. The summed E-state index contributed by atoms with van der Waals surface area (Å²) >= 11 is 3.58. The lowest BCUT2D eigenvalue weighted by Gasteiger charge is -2.28. The molecule has 1 aliphatic rings. The summed E-state index contributed by atoms with van der Waals surface area (Å²) in [5, 5.41) is 0. The van der Waals surface area contributed by atoms with E-state index in [1.807, 2.05) is 48.3 Å². The number of amides is 1. The highest BCUT2D eigenvalue weighted by Gasteiger charge is 2.30. The third-order valence-electron chi connectivity index (χ3n) is 4.85. The number of likely N-dealkylation sites (tertiary alicyclic amines) is 1. The Morgan fingerprint density at radius 1 is 1.27 bits per heavy atom. The van der Waals surface area contributed by atoms with E-state index in [2.05, 4.69) is 33.0 Å². The topological polar surface area (TPSA) is 32.8 Å². The Labute approximate surface area is 163 Å². The van der Waals surface area contributed by atoms with Gasteiger partial charge in [0.15, 0.2) is 0 Å². The van der Waals surface area contributed by atoms with Crippen LogP contribution >= 0.6 is 15.9 Å². The van der Waals surface area contributed by atoms with Crippen molar-refractivity contribution >= 4 is 21.8 Å². The minimum atomic E-state index is 0.148. The molecule has 1 unspecified atom stereocenters. The summed E-state index contributed by atoms with van der Waals surface area (Å²) in [4.78, 5) is 17.0. The van der Waals surface area contributed by atoms with E-state index in [0.29, 0.717) is 6.54 Å². The number of likely N-dealkylation sites (N-methyl/N-ethyl adjacent to an activating group) is 1. The van der Waals surface area contributed by atoms with Crippen LogP contribution in [-0.4, -0.2) is 43.0 Å². The van der Waals surface area contributed by atoms with E-state index in [1.165, 1.54) is 5.56 Å². The number of rotatable bonds is 6. The highest BCUT2D eigenvalue weighted by atomic mass is 79.9. The molecule has 2 aromatic rings. The zero-order valence-electron chi connectivity index (χ0n) is 15.3. The lowest BCUT2D eigenvalue weighted by atomic mass is 10.0. The number of halogens is 1. The van der Waals surface area contributed by atoms with Crippen molar-refractivity contribution in [1.29, 1.82) is 0 Å². The van der Waals surface area contributed by atoms with Gasteiger partial charge < -0.3 is 9.64 Å². The van der Waals surface area contributed by atoms with Crippen LogP contribution in [0.25, 0.3) is 0 Å². The van der Waals surface area contributed by atoms with Crippen molar-refractivity contribution in [2.45, 2.75) is 25.4 Å². The number of carbonyl (C=O) groups excluding carboxylic acids is 1. The fraction of sp³-hybridized carbons (Fsp3) is 0.381. The first-order valence-electron chi connectivity index (χ1n) is 8.94. The Bertz CT molecular complexity index is 765. The largest absolute Gasteiger partial charge is 0.497 e. The van der Waals surface area contributed by atoms with Crippen LogP contribution in [0.2, 0.25) is 0 Å². The summed E-state index contributed by atoms with van der Waals surface area (Å²) in [5.41, 5.74) is 2.34. The molecule has 1 aliphatic heterocycles. The standard InChI is InChI=1S/C21H25BrN2O2/c1-23(14-17-7-3-4-10-19(17)22)15-21(25)24-12-6-11-20(24)16-8-5-9-18(13-16)26-2/h3-5,7-10,13,20H,6,11-12,14-15H2,1-2H3. The van der Waals surface area contributed by atoms with Crippen molar-refractivity contribution in [3.63, 3.8) is 0 Å². The molecule has 1 fully saturated rings. The van der Waals surface area contributed by atoms with Gasteiger partial charge in [-0.05, 0) is 49.2 Å². The average molecular weight is 417 g/mol. The monoisotopic (exact) mass is 416 g/mol. The molecule has 3 rings (SSSR count). The summed E-state index contributed by atoms with van der Waals surface area (Å²) in [6.07, 6.45) is 2.05. The molecule has 4 nitrogen and oxygen atoms in total. The molecule has 2 aromatic carbocycles. The molecule has 5 heteroatoms. The molecule has 1 saturated heterocycles. The molecule has 0 aliphatic carbocycles. The first kappa shape index (κ1) is 18.9. The number of ether oxygens (including phenoxy) is 1. The second-order valence-corrected chi connectivity index (χ2v) is 7.64. The smallest absolute Gasteiger partial charge is 0.237 e. The van der Waals surface area contributed by atoms with Gasteiger partial charge in [0.2, 0.25) is 5.91 Å². The molecular weight excluding hydrogens is 392 g/mol. The number of nitrogens with zero attached hydrogens (tertiary/aromatic N) is 2. The number of methoxy groups -OCH3 is 1. The molecule has 1 atom stereocenters. The minimum Gasteiger partial charge on any atom is -0.497 e. The van der Waals surface area contributed by atoms with Gasteiger partial charge in [0, 0.05) is 17.6 Å². The van der Waals surface area contributed by atoms with Crippen LogP contribution in [0.4, 0.5) is 0 Å². The maximum atomic E-state index is 12.9. The van der Waals surface area contributed by atoms with Gasteiger partial charge in [0.25, 0.3) is 0 Å². The third kappa shape index (κ3) is 4.46. The van der Waals surface area contributed by atoms with Gasteiger partial charge in [0.05, 0.1) is 19.7 Å². The number of benzene rings is 2. The van der Waals surface area contributed by atoms with Crippen molar-refractivity contribution in [3.05, 3.63) is 64.1 Å². The Morgan fingerprint density at radius 3 is 2.85 bits per heavy atom. The van der Waals surface area contributed by atoms with Crippen LogP contribution < -0.4 is 4.74 Å². The van der Waals surface area contributed by atoms with Crippen LogP contribution in [0, 0.1) is 0 Å². The maximum absolute atomic E-state index is 12.9. The normalized spacial score (nSPS) is 16.9. The molecule has 0 spiro atoms. The number of hydrogen-bond acceptors (Lipinski definition) is 3. The number of carbonyl (C=O) groups is 1. The van der Waals surface area contributed by atoms with E-state index in [4.69, 9.17) is 4.74 Å². The van der Waals surface area contributed by atoms with Gasteiger partial charge in [-0.2, -0.15) is 0 Å². The molecule has 0 saturated carbocycles. The van der Waals surface area contributed by atoms with Crippen LogP contribution in [-0.2, 0) is 11.3 Å². The Balaban J connectivity index is 1.65. The van der Waals surface area contributed by atoms with E-state index in [9.17, 15) is 4.79 Å². The predicted octanol–water partition coefficient (Wildman–Crippen LogP) is 4.25. The highest BCUT2D eigenvalue weighted by Crippen LogP contribution is 2.33. The Morgan fingerprint density at radius 2 is 2.08 bits per heavy atom. The summed E-state index contributed by atoms with van der Waals surface area (Å²) < 4.78 is 6.41. The van der Waals surface area contributed by atoms with Crippen LogP contribution in [0.1, 0.15) is 30.0 Å². The molecule has 0 N–H and O–H groups in total. The number of hydrogen-bond donors (Lipinski definition) is 0. The molecular formula is C21H25BrN2O2. The Hall–Kier alpha value is -1.85. The lowest BCUT2D eigenvalue weighted by molar-refractivity contribution is -0.133. The van der Waals surface area contributed by atoms with Crippen LogP contribution in [0.5, 0.6) is 5.75 Å². The van der Waals surface area contributed by atoms with E-state index in [0.717, 1.165) is 41.7 Å². The summed E-state index contributed by atoms with van der Waals surface area (Å²) in [5.74, 6) is 1.03. The predicted molar refractivity (Wildman–Crippen MR) is 107 cm³/mol. The van der Waals surface area contributed by atoms with Gasteiger partial charge in [-0.25, -0.2) is 0 Å².